The number of carbonyl (C=O) groups excluding carboxylic acids is 1. The number of halogens is 4. The molecule has 3 rings (SSSR count). The fourth-order valence-electron chi connectivity index (χ4n) is 2.21. The summed E-state index contributed by atoms with van der Waals surface area (Å²) in [5, 5.41) is 12.6. The van der Waals surface area contributed by atoms with Crippen molar-refractivity contribution in [2.75, 3.05) is 5.32 Å². The Balaban J connectivity index is 2.02. The summed E-state index contributed by atoms with van der Waals surface area (Å²) in [6, 6.07) is 6.40. The van der Waals surface area contributed by atoms with E-state index in [9.17, 15) is 18.7 Å². The third-order valence-electron chi connectivity index (χ3n) is 3.29. The van der Waals surface area contributed by atoms with Crippen LogP contribution in [0, 0.1) is 6.92 Å². The lowest BCUT2D eigenvalue weighted by Crippen LogP contribution is -2.15. The maximum absolute atomic E-state index is 13.5. The lowest BCUT2D eigenvalue weighted by atomic mass is 10.3. The molecular formula is C15H10Cl2F2N4O2. The molecule has 25 heavy (non-hydrogen) atoms. The van der Waals surface area contributed by atoms with Crippen LogP contribution in [0.2, 0.25) is 5.02 Å². The smallest absolute Gasteiger partial charge is 0.364 e. The topological polar surface area (TPSA) is 79.5 Å². The predicted molar refractivity (Wildman–Crippen MR) is 88.5 cm³/mol. The fourth-order valence-corrected chi connectivity index (χ4v) is 2.51. The highest BCUT2D eigenvalue weighted by Crippen LogP contribution is 2.33. The van der Waals surface area contributed by atoms with E-state index >= 15 is 0 Å². The normalized spacial score (nSPS) is 11.7. The van der Waals surface area contributed by atoms with Gasteiger partial charge in [0.05, 0.1) is 5.69 Å². The van der Waals surface area contributed by atoms with Gasteiger partial charge >= 0.3 is 5.38 Å². The highest BCUT2D eigenvalue weighted by atomic mass is 35.5. The Morgan fingerprint density at radius 2 is 2.04 bits per heavy atom. The van der Waals surface area contributed by atoms with Gasteiger partial charge in [0.15, 0.2) is 11.3 Å². The molecule has 2 aromatic heterocycles. The maximum Gasteiger partial charge on any atom is 0.364 e. The summed E-state index contributed by atoms with van der Waals surface area (Å²) in [4.78, 5) is 16.4. The number of fused-ring (bicyclic) bond motifs is 1. The molecule has 6 nitrogen and oxygen atoms in total. The number of rotatable bonds is 3. The second kappa shape index (κ2) is 6.12. The number of hydrogen-bond donors (Lipinski definition) is 2. The Morgan fingerprint density at radius 3 is 2.72 bits per heavy atom. The summed E-state index contributed by atoms with van der Waals surface area (Å²) < 4.78 is 27.9. The first kappa shape index (κ1) is 17.4. The third-order valence-corrected chi connectivity index (χ3v) is 3.71. The van der Waals surface area contributed by atoms with E-state index in [0.29, 0.717) is 10.7 Å². The third kappa shape index (κ3) is 3.49. The monoisotopic (exact) mass is 386 g/mol. The van der Waals surface area contributed by atoms with Crippen molar-refractivity contribution in [1.29, 1.82) is 0 Å². The zero-order valence-electron chi connectivity index (χ0n) is 12.6. The van der Waals surface area contributed by atoms with Gasteiger partial charge in [-0.3, -0.25) is 4.79 Å². The Hall–Kier alpha value is -2.45. The molecule has 1 aromatic carbocycles. The van der Waals surface area contributed by atoms with Crippen molar-refractivity contribution < 1.29 is 18.7 Å². The Bertz CT molecular complexity index is 986. The van der Waals surface area contributed by atoms with Crippen molar-refractivity contribution in [3.8, 4) is 5.75 Å². The van der Waals surface area contributed by atoms with Crippen molar-refractivity contribution in [3.63, 3.8) is 0 Å². The number of nitrogens with one attached hydrogen (secondary N) is 1. The number of anilines is 1. The molecule has 0 aliphatic heterocycles. The van der Waals surface area contributed by atoms with Crippen molar-refractivity contribution in [1.82, 2.24) is 14.6 Å². The van der Waals surface area contributed by atoms with Crippen LogP contribution in [0.25, 0.3) is 5.65 Å². The summed E-state index contributed by atoms with van der Waals surface area (Å²) in [7, 11) is 0. The summed E-state index contributed by atoms with van der Waals surface area (Å²) >= 11 is 10.9. The molecule has 130 valence electrons. The van der Waals surface area contributed by atoms with Gasteiger partial charge in [-0.25, -0.2) is 9.50 Å². The van der Waals surface area contributed by atoms with Gasteiger partial charge in [0.2, 0.25) is 0 Å². The molecule has 0 fully saturated rings. The second-order valence-corrected chi connectivity index (χ2v) is 6.11. The molecule has 1 amide bonds. The summed E-state index contributed by atoms with van der Waals surface area (Å²) in [6.45, 7) is 1.52. The van der Waals surface area contributed by atoms with E-state index in [1.54, 1.807) is 0 Å². The Kier molecular flexibility index (Phi) is 4.26. The molecule has 0 unspecified atom stereocenters. The van der Waals surface area contributed by atoms with Gasteiger partial charge in [0.25, 0.3) is 5.91 Å². The van der Waals surface area contributed by atoms with Gasteiger partial charge in [0, 0.05) is 16.8 Å². The van der Waals surface area contributed by atoms with Crippen molar-refractivity contribution in [2.45, 2.75) is 12.3 Å². The first-order valence-corrected chi connectivity index (χ1v) is 7.65. The van der Waals surface area contributed by atoms with Crippen LogP contribution in [0.1, 0.15) is 21.9 Å². The lowest BCUT2D eigenvalue weighted by Gasteiger charge is -2.10. The largest absolute Gasteiger partial charge is 0.506 e. The second-order valence-electron chi connectivity index (χ2n) is 5.20. The molecule has 0 saturated heterocycles. The molecule has 3 aromatic rings. The van der Waals surface area contributed by atoms with E-state index in [-0.39, 0.29) is 22.8 Å². The van der Waals surface area contributed by atoms with Crippen LogP contribution in [-0.4, -0.2) is 25.6 Å². The van der Waals surface area contributed by atoms with Gasteiger partial charge in [-0.05, 0) is 42.8 Å². The van der Waals surface area contributed by atoms with E-state index in [0.717, 1.165) is 10.6 Å². The van der Waals surface area contributed by atoms with E-state index < -0.39 is 17.0 Å². The lowest BCUT2D eigenvalue weighted by molar-refractivity contribution is 0.0868. The highest BCUT2D eigenvalue weighted by molar-refractivity contribution is 6.31. The first-order chi connectivity index (χ1) is 11.6. The van der Waals surface area contributed by atoms with Crippen LogP contribution in [-0.2, 0) is 5.38 Å². The van der Waals surface area contributed by atoms with Gasteiger partial charge in [-0.2, -0.15) is 13.9 Å². The van der Waals surface area contributed by atoms with Gasteiger partial charge < -0.3 is 10.4 Å². The van der Waals surface area contributed by atoms with E-state index in [1.807, 2.05) is 0 Å². The number of hydrogen-bond acceptors (Lipinski definition) is 4. The van der Waals surface area contributed by atoms with Crippen LogP contribution >= 0.6 is 23.2 Å². The molecule has 0 atom stereocenters. The van der Waals surface area contributed by atoms with Crippen LogP contribution in [0.15, 0.2) is 30.3 Å². The first-order valence-electron chi connectivity index (χ1n) is 6.89. The SMILES string of the molecule is Cc1cc(C(F)(F)Cl)n2nc(C(=O)Nc3cc(Cl)ccc3O)cc2n1. The number of phenolic OH excluding ortho intramolecular Hbond substituents is 1. The van der Waals surface area contributed by atoms with Crippen LogP contribution in [0.5, 0.6) is 5.75 Å². The molecule has 0 aliphatic rings. The van der Waals surface area contributed by atoms with Crippen LogP contribution < -0.4 is 5.32 Å². The number of alkyl halides is 3. The quantitative estimate of drug-likeness (QED) is 0.527. The summed E-state index contributed by atoms with van der Waals surface area (Å²) in [5.74, 6) is -0.937. The Morgan fingerprint density at radius 1 is 1.32 bits per heavy atom. The maximum atomic E-state index is 13.5. The predicted octanol–water partition coefficient (Wildman–Crippen LogP) is 3.94. The van der Waals surface area contributed by atoms with Gasteiger partial charge in [0.1, 0.15) is 11.4 Å². The highest BCUT2D eigenvalue weighted by Gasteiger charge is 2.32. The number of aromatic nitrogens is 3. The minimum Gasteiger partial charge on any atom is -0.506 e. The standard InChI is InChI=1S/C15H10Cl2F2N4O2/c1-7-4-12(15(17,18)19)23-13(20-7)6-10(22-23)14(25)21-9-5-8(16)2-3-11(9)24/h2-6,24H,1H3,(H,21,25). The molecule has 10 heteroatoms. The number of benzene rings is 1. The molecule has 0 radical (unpaired) electrons. The molecule has 2 N–H and O–H groups in total. The Labute approximate surface area is 150 Å². The minimum absolute atomic E-state index is 0.0378. The molecule has 2 heterocycles. The zero-order valence-corrected chi connectivity index (χ0v) is 14.1. The van der Waals surface area contributed by atoms with E-state index in [4.69, 9.17) is 23.2 Å². The van der Waals surface area contributed by atoms with Crippen molar-refractivity contribution in [3.05, 3.63) is 52.4 Å². The summed E-state index contributed by atoms with van der Waals surface area (Å²) in [6.07, 6.45) is 0. The molecule has 0 saturated carbocycles. The van der Waals surface area contributed by atoms with E-state index in [2.05, 4.69) is 15.4 Å². The number of aromatic hydroxyl groups is 1. The molecule has 0 bridgehead atoms. The number of carbonyl (C=O) groups is 1. The zero-order chi connectivity index (χ0) is 18.4. The summed E-state index contributed by atoms with van der Waals surface area (Å²) in [5.41, 5.74) is -0.402. The number of nitrogens with zero attached hydrogens (tertiary/aromatic N) is 3. The number of amides is 1. The number of phenols is 1. The average molecular weight is 387 g/mol. The van der Waals surface area contributed by atoms with Crippen LogP contribution in [0.3, 0.4) is 0 Å². The minimum atomic E-state index is -3.68. The van der Waals surface area contributed by atoms with Gasteiger partial charge in [-0.15, -0.1) is 0 Å². The molecule has 0 spiro atoms. The average Bonchev–Trinajstić information content (AvgIpc) is 2.92. The van der Waals surface area contributed by atoms with Crippen molar-refractivity contribution >= 4 is 40.4 Å². The van der Waals surface area contributed by atoms with E-state index in [1.165, 1.54) is 31.2 Å². The molecular weight excluding hydrogens is 377 g/mol. The fraction of sp³-hybridized carbons (Fsp3) is 0.133. The van der Waals surface area contributed by atoms with Crippen LogP contribution in [0.4, 0.5) is 14.5 Å². The molecule has 0 aliphatic carbocycles. The van der Waals surface area contributed by atoms with Gasteiger partial charge in [-0.1, -0.05) is 11.6 Å². The number of aryl methyl sites for hydroxylation is 1. The van der Waals surface area contributed by atoms with Crippen molar-refractivity contribution in [2.24, 2.45) is 0 Å².